The number of rotatable bonds is 8. The Morgan fingerprint density at radius 3 is 2.47 bits per heavy atom. The lowest BCUT2D eigenvalue weighted by molar-refractivity contribution is -0.126. The van der Waals surface area contributed by atoms with Gasteiger partial charge in [-0.2, -0.15) is 0 Å². The molecule has 3 rings (SSSR count). The van der Waals surface area contributed by atoms with Crippen LogP contribution in [0.4, 0.5) is 0 Å². The third-order valence-corrected chi connectivity index (χ3v) is 7.31. The maximum atomic E-state index is 12.7. The zero-order valence-electron chi connectivity index (χ0n) is 17.0. The first kappa shape index (κ1) is 22.6. The first-order valence-electron chi connectivity index (χ1n) is 10.1. The van der Waals surface area contributed by atoms with Gasteiger partial charge in [-0.15, -0.1) is 0 Å². The van der Waals surface area contributed by atoms with Crippen molar-refractivity contribution in [3.63, 3.8) is 0 Å². The number of sulfonamides is 1. The predicted octanol–water partition coefficient (Wildman–Crippen LogP) is 3.60. The molecule has 1 N–H and O–H groups in total. The van der Waals surface area contributed by atoms with Gasteiger partial charge in [-0.25, -0.2) is 12.7 Å². The molecule has 1 fully saturated rings. The molecule has 162 valence electrons. The summed E-state index contributed by atoms with van der Waals surface area (Å²) in [6.07, 6.45) is 1.03. The third kappa shape index (κ3) is 5.97. The van der Waals surface area contributed by atoms with Crippen LogP contribution in [0.3, 0.4) is 0 Å². The molecule has 0 aliphatic carbocycles. The van der Waals surface area contributed by atoms with Gasteiger partial charge in [0.05, 0.1) is 12.4 Å². The Balaban J connectivity index is 1.51. The number of para-hydroxylation sites is 1. The summed E-state index contributed by atoms with van der Waals surface area (Å²) in [5.41, 5.74) is 1.63. The molecule has 30 heavy (non-hydrogen) atoms. The van der Waals surface area contributed by atoms with Crippen molar-refractivity contribution >= 4 is 27.5 Å². The second kappa shape index (κ2) is 10.3. The molecular formula is C22H27ClN2O4S. The zero-order valence-corrected chi connectivity index (χ0v) is 18.6. The number of nitrogens with zero attached hydrogens (tertiary/aromatic N) is 1. The van der Waals surface area contributed by atoms with Gasteiger partial charge in [0, 0.05) is 36.1 Å². The molecule has 1 saturated heterocycles. The summed E-state index contributed by atoms with van der Waals surface area (Å²) >= 11 is 5.86. The van der Waals surface area contributed by atoms with Crippen LogP contribution in [0, 0.1) is 5.92 Å². The highest BCUT2D eigenvalue weighted by molar-refractivity contribution is 7.88. The molecule has 8 heteroatoms. The number of nitrogens with one attached hydrogen (secondary N) is 1. The van der Waals surface area contributed by atoms with E-state index in [9.17, 15) is 13.2 Å². The topological polar surface area (TPSA) is 75.7 Å². The van der Waals surface area contributed by atoms with Gasteiger partial charge >= 0.3 is 0 Å². The minimum atomic E-state index is -3.42. The SMILES string of the molecule is CCOc1ccccc1CNC(=O)C1CCN(S(=O)(=O)Cc2ccc(Cl)cc2)CC1. The smallest absolute Gasteiger partial charge is 0.223 e. The number of benzene rings is 2. The molecular weight excluding hydrogens is 424 g/mol. The Bertz CT molecular complexity index is 955. The van der Waals surface area contributed by atoms with Crippen molar-refractivity contribution in [2.24, 2.45) is 5.92 Å². The van der Waals surface area contributed by atoms with Crippen LogP contribution in [0.5, 0.6) is 5.75 Å². The van der Waals surface area contributed by atoms with Crippen LogP contribution in [-0.2, 0) is 27.1 Å². The van der Waals surface area contributed by atoms with Gasteiger partial charge in [0.15, 0.2) is 0 Å². The van der Waals surface area contributed by atoms with Gasteiger partial charge < -0.3 is 10.1 Å². The van der Waals surface area contributed by atoms with E-state index in [0.29, 0.717) is 49.7 Å². The van der Waals surface area contributed by atoms with Crippen molar-refractivity contribution < 1.29 is 17.9 Å². The molecule has 0 radical (unpaired) electrons. The molecule has 0 saturated carbocycles. The summed E-state index contributed by atoms with van der Waals surface area (Å²) in [5, 5.41) is 3.54. The second-order valence-corrected chi connectivity index (χ2v) is 9.72. The largest absolute Gasteiger partial charge is 0.494 e. The maximum absolute atomic E-state index is 12.7. The van der Waals surface area contributed by atoms with Crippen LogP contribution in [-0.4, -0.2) is 38.3 Å². The van der Waals surface area contributed by atoms with Crippen LogP contribution < -0.4 is 10.1 Å². The first-order valence-corrected chi connectivity index (χ1v) is 12.1. The molecule has 1 amide bonds. The number of carbonyl (C=O) groups is 1. The van der Waals surface area contributed by atoms with E-state index < -0.39 is 10.0 Å². The lowest BCUT2D eigenvalue weighted by atomic mass is 9.97. The fraction of sp³-hybridized carbons (Fsp3) is 0.409. The zero-order chi connectivity index (χ0) is 21.6. The number of hydrogen-bond acceptors (Lipinski definition) is 4. The highest BCUT2D eigenvalue weighted by Gasteiger charge is 2.31. The Morgan fingerprint density at radius 2 is 1.80 bits per heavy atom. The monoisotopic (exact) mass is 450 g/mol. The summed E-state index contributed by atoms with van der Waals surface area (Å²) in [6.45, 7) is 3.58. The fourth-order valence-corrected chi connectivity index (χ4v) is 5.24. The Labute approximate surface area is 183 Å². The number of halogens is 1. The Morgan fingerprint density at radius 1 is 1.13 bits per heavy atom. The van der Waals surface area contributed by atoms with Gasteiger partial charge in [0.25, 0.3) is 0 Å². The van der Waals surface area contributed by atoms with Gasteiger partial charge in [0.2, 0.25) is 15.9 Å². The Kier molecular flexibility index (Phi) is 7.75. The number of hydrogen-bond donors (Lipinski definition) is 1. The molecule has 0 unspecified atom stereocenters. The molecule has 0 aromatic heterocycles. The van der Waals surface area contributed by atoms with Crippen LogP contribution >= 0.6 is 11.6 Å². The van der Waals surface area contributed by atoms with Crippen molar-refractivity contribution in [3.8, 4) is 5.75 Å². The van der Waals surface area contributed by atoms with E-state index in [1.165, 1.54) is 4.31 Å². The number of amides is 1. The van der Waals surface area contributed by atoms with Crippen molar-refractivity contribution in [3.05, 3.63) is 64.7 Å². The minimum Gasteiger partial charge on any atom is -0.494 e. The fourth-order valence-electron chi connectivity index (χ4n) is 3.55. The highest BCUT2D eigenvalue weighted by Crippen LogP contribution is 2.23. The van der Waals surface area contributed by atoms with Gasteiger partial charge in [-0.3, -0.25) is 4.79 Å². The van der Waals surface area contributed by atoms with E-state index >= 15 is 0 Å². The van der Waals surface area contributed by atoms with Crippen LogP contribution in [0.1, 0.15) is 30.9 Å². The Hall–Kier alpha value is -2.09. The van der Waals surface area contributed by atoms with Crippen LogP contribution in [0.15, 0.2) is 48.5 Å². The lowest BCUT2D eigenvalue weighted by Gasteiger charge is -2.30. The molecule has 0 spiro atoms. The second-order valence-electron chi connectivity index (χ2n) is 7.31. The van der Waals surface area contributed by atoms with Gasteiger partial charge in [0.1, 0.15) is 5.75 Å². The van der Waals surface area contributed by atoms with Crippen molar-refractivity contribution in [2.45, 2.75) is 32.1 Å². The molecule has 1 aliphatic rings. The van der Waals surface area contributed by atoms with Crippen molar-refractivity contribution in [1.82, 2.24) is 9.62 Å². The number of ether oxygens (including phenoxy) is 1. The normalized spacial score (nSPS) is 15.7. The predicted molar refractivity (Wildman–Crippen MR) is 118 cm³/mol. The van der Waals surface area contributed by atoms with Crippen LogP contribution in [0.25, 0.3) is 0 Å². The number of carbonyl (C=O) groups excluding carboxylic acids is 1. The summed E-state index contributed by atoms with van der Waals surface area (Å²) in [7, 11) is -3.42. The minimum absolute atomic E-state index is 0.0453. The summed E-state index contributed by atoms with van der Waals surface area (Å²) in [6, 6.07) is 14.4. The van der Waals surface area contributed by atoms with Gasteiger partial charge in [-0.05, 0) is 43.5 Å². The summed E-state index contributed by atoms with van der Waals surface area (Å²) in [5.74, 6) is 0.473. The highest BCUT2D eigenvalue weighted by atomic mass is 35.5. The quantitative estimate of drug-likeness (QED) is 0.666. The molecule has 1 heterocycles. The first-order chi connectivity index (χ1) is 14.4. The molecule has 0 atom stereocenters. The van der Waals surface area contributed by atoms with E-state index in [-0.39, 0.29) is 17.6 Å². The van der Waals surface area contributed by atoms with E-state index in [1.54, 1.807) is 24.3 Å². The standard InChI is InChI=1S/C22H27ClN2O4S/c1-2-29-21-6-4-3-5-19(21)15-24-22(26)18-11-13-25(14-12-18)30(27,28)16-17-7-9-20(23)10-8-17/h3-10,18H,2,11-16H2,1H3,(H,24,26). The molecule has 2 aromatic rings. The molecule has 1 aliphatic heterocycles. The summed E-state index contributed by atoms with van der Waals surface area (Å²) < 4.78 is 32.5. The van der Waals surface area contributed by atoms with E-state index in [0.717, 1.165) is 11.3 Å². The third-order valence-electron chi connectivity index (χ3n) is 5.21. The average molecular weight is 451 g/mol. The van der Waals surface area contributed by atoms with E-state index in [2.05, 4.69) is 5.32 Å². The maximum Gasteiger partial charge on any atom is 0.223 e. The van der Waals surface area contributed by atoms with Crippen LogP contribution in [0.2, 0.25) is 5.02 Å². The molecule has 6 nitrogen and oxygen atoms in total. The van der Waals surface area contributed by atoms with Crippen molar-refractivity contribution in [2.75, 3.05) is 19.7 Å². The molecule has 0 bridgehead atoms. The van der Waals surface area contributed by atoms with Crippen molar-refractivity contribution in [1.29, 1.82) is 0 Å². The summed E-state index contributed by atoms with van der Waals surface area (Å²) in [4.78, 5) is 12.6. The van der Waals surface area contributed by atoms with E-state index in [1.807, 2.05) is 31.2 Å². The number of piperidine rings is 1. The van der Waals surface area contributed by atoms with E-state index in [4.69, 9.17) is 16.3 Å². The molecule has 2 aromatic carbocycles. The average Bonchev–Trinajstić information content (AvgIpc) is 2.75. The van der Waals surface area contributed by atoms with Gasteiger partial charge in [-0.1, -0.05) is 41.9 Å². The lowest BCUT2D eigenvalue weighted by Crippen LogP contribution is -2.43.